The average Bonchev–Trinajstić information content (AvgIpc) is 3.33. The van der Waals surface area contributed by atoms with Crippen LogP contribution in [0.2, 0.25) is 5.02 Å². The number of urea groups is 1. The molecule has 5 nitrogen and oxygen atoms in total. The second kappa shape index (κ2) is 7.61. The van der Waals surface area contributed by atoms with Crippen molar-refractivity contribution in [3.8, 4) is 0 Å². The van der Waals surface area contributed by atoms with Crippen LogP contribution >= 0.6 is 11.6 Å². The van der Waals surface area contributed by atoms with E-state index < -0.39 is 0 Å². The van der Waals surface area contributed by atoms with Crippen molar-refractivity contribution in [2.75, 3.05) is 11.9 Å². The Morgan fingerprint density at radius 3 is 2.52 bits per heavy atom. The Kier molecular flexibility index (Phi) is 5.03. The van der Waals surface area contributed by atoms with Crippen molar-refractivity contribution in [1.29, 1.82) is 0 Å². The number of likely N-dealkylation sites (tertiary alicyclic amines) is 1. The normalized spacial score (nSPS) is 19.0. The summed E-state index contributed by atoms with van der Waals surface area (Å²) < 4.78 is 0. The molecule has 0 radical (unpaired) electrons. The van der Waals surface area contributed by atoms with Gasteiger partial charge in [0.25, 0.3) is 5.91 Å². The lowest BCUT2D eigenvalue weighted by atomic mass is 10.1. The highest BCUT2D eigenvalue weighted by Crippen LogP contribution is 2.33. The number of nitrogens with zero attached hydrogens (tertiary/aromatic N) is 1. The molecular formula is C21H22ClN3O2. The maximum atomic E-state index is 12.8. The highest BCUT2D eigenvalue weighted by atomic mass is 35.5. The third-order valence-electron chi connectivity index (χ3n) is 5.06. The van der Waals surface area contributed by atoms with Gasteiger partial charge in [0.05, 0.1) is 6.04 Å². The van der Waals surface area contributed by atoms with Crippen molar-refractivity contribution in [1.82, 2.24) is 10.2 Å². The minimum absolute atomic E-state index is 0.0345. The number of carbonyl (C=O) groups excluding carboxylic acids is 2. The lowest BCUT2D eigenvalue weighted by molar-refractivity contribution is 0.0951. The summed E-state index contributed by atoms with van der Waals surface area (Å²) >= 11 is 6.10. The molecule has 0 aromatic heterocycles. The van der Waals surface area contributed by atoms with Crippen LogP contribution in [0.3, 0.4) is 0 Å². The van der Waals surface area contributed by atoms with E-state index in [-0.39, 0.29) is 18.0 Å². The van der Waals surface area contributed by atoms with Crippen LogP contribution in [0.4, 0.5) is 10.5 Å². The molecule has 1 saturated carbocycles. The van der Waals surface area contributed by atoms with E-state index in [0.717, 1.165) is 31.2 Å². The van der Waals surface area contributed by atoms with E-state index >= 15 is 0 Å². The fraction of sp³-hybridized carbons (Fsp3) is 0.333. The molecule has 140 valence electrons. The molecule has 0 spiro atoms. The zero-order valence-electron chi connectivity index (χ0n) is 15.0. The summed E-state index contributed by atoms with van der Waals surface area (Å²) in [5.74, 6) is -0.0593. The molecule has 4 rings (SSSR count). The standard InChI is InChI=1S/C21H22ClN3O2/c22-16-4-1-3-15(13-16)19-5-2-12-25(19)21(27)24-18-8-6-14(7-9-18)20(26)23-17-10-11-17/h1,3-4,6-9,13,17,19H,2,5,10-12H2,(H,23,26)(H,24,27)/t19-/m0/s1. The molecule has 1 saturated heterocycles. The number of nitrogens with one attached hydrogen (secondary N) is 2. The van der Waals surface area contributed by atoms with Gasteiger partial charge in [-0.15, -0.1) is 0 Å². The van der Waals surface area contributed by atoms with Crippen molar-refractivity contribution in [3.63, 3.8) is 0 Å². The van der Waals surface area contributed by atoms with E-state index in [0.29, 0.717) is 28.9 Å². The van der Waals surface area contributed by atoms with Gasteiger partial charge in [-0.25, -0.2) is 4.79 Å². The number of halogens is 1. The van der Waals surface area contributed by atoms with Gasteiger partial charge in [0, 0.05) is 28.9 Å². The molecule has 2 aliphatic rings. The average molecular weight is 384 g/mol. The van der Waals surface area contributed by atoms with E-state index in [2.05, 4.69) is 10.6 Å². The molecule has 0 unspecified atom stereocenters. The maximum Gasteiger partial charge on any atom is 0.322 e. The predicted molar refractivity (Wildman–Crippen MR) is 106 cm³/mol. The summed E-state index contributed by atoms with van der Waals surface area (Å²) in [6.07, 6.45) is 4.01. The quantitative estimate of drug-likeness (QED) is 0.810. The highest BCUT2D eigenvalue weighted by Gasteiger charge is 2.30. The topological polar surface area (TPSA) is 61.4 Å². The van der Waals surface area contributed by atoms with Crippen LogP contribution in [0.5, 0.6) is 0 Å². The zero-order valence-corrected chi connectivity index (χ0v) is 15.7. The summed E-state index contributed by atoms with van der Waals surface area (Å²) in [6.45, 7) is 0.713. The lowest BCUT2D eigenvalue weighted by Crippen LogP contribution is -2.34. The fourth-order valence-corrected chi connectivity index (χ4v) is 3.67. The van der Waals surface area contributed by atoms with E-state index in [1.54, 1.807) is 24.3 Å². The zero-order chi connectivity index (χ0) is 18.8. The van der Waals surface area contributed by atoms with Crippen LogP contribution in [0.1, 0.15) is 47.6 Å². The van der Waals surface area contributed by atoms with Crippen LogP contribution in [0.15, 0.2) is 48.5 Å². The van der Waals surface area contributed by atoms with E-state index in [4.69, 9.17) is 11.6 Å². The van der Waals surface area contributed by atoms with Gasteiger partial charge >= 0.3 is 6.03 Å². The Hall–Kier alpha value is -2.53. The van der Waals surface area contributed by atoms with Gasteiger partial charge in [-0.1, -0.05) is 23.7 Å². The largest absolute Gasteiger partial charge is 0.349 e. The molecule has 3 amide bonds. The molecule has 0 bridgehead atoms. The van der Waals surface area contributed by atoms with Gasteiger partial charge in [0.15, 0.2) is 0 Å². The van der Waals surface area contributed by atoms with E-state index in [1.807, 2.05) is 29.2 Å². The van der Waals surface area contributed by atoms with Crippen molar-refractivity contribution >= 4 is 29.2 Å². The minimum atomic E-state index is -0.132. The molecule has 2 aromatic carbocycles. The Morgan fingerprint density at radius 2 is 1.81 bits per heavy atom. The van der Waals surface area contributed by atoms with Crippen molar-refractivity contribution in [2.45, 2.75) is 37.8 Å². The third kappa shape index (κ3) is 4.25. The first kappa shape index (κ1) is 17.9. The van der Waals surface area contributed by atoms with Crippen LogP contribution in [0.25, 0.3) is 0 Å². The third-order valence-corrected chi connectivity index (χ3v) is 5.29. The Morgan fingerprint density at radius 1 is 1.04 bits per heavy atom. The first-order chi connectivity index (χ1) is 13.1. The van der Waals surface area contributed by atoms with Gasteiger partial charge in [-0.3, -0.25) is 4.79 Å². The van der Waals surface area contributed by atoms with Gasteiger partial charge in [-0.05, 0) is 67.6 Å². The minimum Gasteiger partial charge on any atom is -0.349 e. The molecule has 6 heteroatoms. The molecule has 2 aromatic rings. The second-order valence-electron chi connectivity index (χ2n) is 7.16. The van der Waals surface area contributed by atoms with Crippen LogP contribution in [0, 0.1) is 0 Å². The van der Waals surface area contributed by atoms with Crippen LogP contribution in [-0.4, -0.2) is 29.4 Å². The molecule has 2 fully saturated rings. The van der Waals surface area contributed by atoms with Gasteiger partial charge in [-0.2, -0.15) is 0 Å². The number of benzene rings is 2. The summed E-state index contributed by atoms with van der Waals surface area (Å²) in [7, 11) is 0. The number of carbonyl (C=O) groups is 2. The van der Waals surface area contributed by atoms with Crippen molar-refractivity contribution in [2.24, 2.45) is 0 Å². The summed E-state index contributed by atoms with van der Waals surface area (Å²) in [4.78, 5) is 26.7. The van der Waals surface area contributed by atoms with Gasteiger partial charge < -0.3 is 15.5 Å². The Balaban J connectivity index is 1.41. The maximum absolute atomic E-state index is 12.8. The summed E-state index contributed by atoms with van der Waals surface area (Å²) in [5, 5.41) is 6.58. The molecule has 1 heterocycles. The number of anilines is 1. The first-order valence-corrected chi connectivity index (χ1v) is 9.72. The van der Waals surface area contributed by atoms with Crippen LogP contribution < -0.4 is 10.6 Å². The first-order valence-electron chi connectivity index (χ1n) is 9.34. The summed E-state index contributed by atoms with van der Waals surface area (Å²) in [6, 6.07) is 14.9. The smallest absolute Gasteiger partial charge is 0.322 e. The molecule has 27 heavy (non-hydrogen) atoms. The Labute approximate surface area is 163 Å². The predicted octanol–water partition coefficient (Wildman–Crippen LogP) is 4.60. The molecular weight excluding hydrogens is 362 g/mol. The fourth-order valence-electron chi connectivity index (χ4n) is 3.47. The van der Waals surface area contributed by atoms with E-state index in [1.165, 1.54) is 0 Å². The van der Waals surface area contributed by atoms with E-state index in [9.17, 15) is 9.59 Å². The van der Waals surface area contributed by atoms with Crippen molar-refractivity contribution in [3.05, 3.63) is 64.7 Å². The highest BCUT2D eigenvalue weighted by molar-refractivity contribution is 6.30. The number of hydrogen-bond acceptors (Lipinski definition) is 2. The van der Waals surface area contributed by atoms with Crippen molar-refractivity contribution < 1.29 is 9.59 Å². The van der Waals surface area contributed by atoms with Gasteiger partial charge in [0.1, 0.15) is 0 Å². The number of hydrogen-bond donors (Lipinski definition) is 2. The SMILES string of the molecule is O=C(NC1CC1)c1ccc(NC(=O)N2CCC[C@H]2c2cccc(Cl)c2)cc1. The molecule has 1 aliphatic carbocycles. The number of rotatable bonds is 4. The number of amides is 3. The van der Waals surface area contributed by atoms with Gasteiger partial charge in [0.2, 0.25) is 0 Å². The molecule has 2 N–H and O–H groups in total. The molecule has 1 atom stereocenters. The monoisotopic (exact) mass is 383 g/mol. The van der Waals surface area contributed by atoms with Crippen LogP contribution in [-0.2, 0) is 0 Å². The summed E-state index contributed by atoms with van der Waals surface area (Å²) in [5.41, 5.74) is 2.35. The molecule has 1 aliphatic heterocycles. The Bertz CT molecular complexity index is 849. The lowest BCUT2D eigenvalue weighted by Gasteiger charge is -2.25. The second-order valence-corrected chi connectivity index (χ2v) is 7.60.